The van der Waals surface area contributed by atoms with Crippen LogP contribution >= 0.6 is 0 Å². The molecule has 2 heterocycles. The lowest BCUT2D eigenvalue weighted by molar-refractivity contribution is -0.659. The Bertz CT molecular complexity index is 1110. The van der Waals surface area contributed by atoms with Gasteiger partial charge in [0.1, 0.15) is 7.05 Å². The van der Waals surface area contributed by atoms with E-state index in [9.17, 15) is 0 Å². The first kappa shape index (κ1) is 16.5. The topological polar surface area (TPSA) is 16.8 Å². The summed E-state index contributed by atoms with van der Waals surface area (Å²) in [5.41, 5.74) is 8.90. The van der Waals surface area contributed by atoms with E-state index < -0.39 is 0 Å². The number of rotatable bonds is 2. The van der Waals surface area contributed by atoms with E-state index >= 15 is 0 Å². The lowest BCUT2D eigenvalue weighted by atomic mass is 9.93. The molecule has 0 amide bonds. The van der Waals surface area contributed by atoms with Crippen molar-refractivity contribution < 1.29 is 4.57 Å². The third-order valence-electron chi connectivity index (χ3n) is 5.20. The minimum atomic E-state index is 1.15. The van der Waals surface area contributed by atoms with Crippen molar-refractivity contribution in [2.45, 2.75) is 20.8 Å². The summed E-state index contributed by atoms with van der Waals surface area (Å²) in [4.78, 5) is 4.25. The van der Waals surface area contributed by atoms with E-state index in [1.807, 2.05) is 18.5 Å². The van der Waals surface area contributed by atoms with E-state index in [1.54, 1.807) is 0 Å². The van der Waals surface area contributed by atoms with Crippen LogP contribution in [0.15, 0.2) is 67.1 Å². The molecule has 2 heteroatoms. The molecule has 26 heavy (non-hydrogen) atoms. The summed E-state index contributed by atoms with van der Waals surface area (Å²) in [5.74, 6) is 0. The molecule has 0 fully saturated rings. The Morgan fingerprint density at radius 3 is 2.50 bits per heavy atom. The Hall–Kier alpha value is -3.00. The highest BCUT2D eigenvalue weighted by Crippen LogP contribution is 2.32. The summed E-state index contributed by atoms with van der Waals surface area (Å²) < 4.78 is 2.23. The summed E-state index contributed by atoms with van der Waals surface area (Å²) in [6.45, 7) is 6.58. The molecule has 0 bridgehead atoms. The largest absolute Gasteiger partial charge is 0.264 e. The molecule has 4 rings (SSSR count). The highest BCUT2D eigenvalue weighted by Gasteiger charge is 2.18. The Morgan fingerprint density at radius 2 is 1.73 bits per heavy atom. The standard InChI is InChI=1S/C24H23N2/c1-16-12-17(2)18(3)23(13-16)24-22-8-7-19(21-6-5-10-25-15-21)14-20(22)9-11-26(24)4/h5-15H,1-4H3/q+1. The summed E-state index contributed by atoms with van der Waals surface area (Å²) in [6.07, 6.45) is 5.88. The summed E-state index contributed by atoms with van der Waals surface area (Å²) in [5, 5.41) is 2.52. The Balaban J connectivity index is 1.98. The van der Waals surface area contributed by atoms with Crippen molar-refractivity contribution in [3.05, 3.63) is 83.8 Å². The van der Waals surface area contributed by atoms with Crippen LogP contribution in [0.2, 0.25) is 0 Å². The number of benzene rings is 2. The first-order valence-electron chi connectivity index (χ1n) is 8.95. The second-order valence-electron chi connectivity index (χ2n) is 7.07. The van der Waals surface area contributed by atoms with Crippen molar-refractivity contribution in [2.75, 3.05) is 0 Å². The zero-order valence-corrected chi connectivity index (χ0v) is 15.7. The van der Waals surface area contributed by atoms with Gasteiger partial charge in [-0.3, -0.25) is 4.98 Å². The number of aryl methyl sites for hydroxylation is 3. The van der Waals surface area contributed by atoms with Crippen molar-refractivity contribution >= 4 is 10.8 Å². The van der Waals surface area contributed by atoms with Gasteiger partial charge in [0, 0.05) is 24.0 Å². The second kappa shape index (κ2) is 6.38. The Morgan fingerprint density at radius 1 is 0.885 bits per heavy atom. The minimum Gasteiger partial charge on any atom is -0.264 e. The van der Waals surface area contributed by atoms with Crippen molar-refractivity contribution in [1.29, 1.82) is 0 Å². The van der Waals surface area contributed by atoms with Crippen LogP contribution in [0.4, 0.5) is 0 Å². The van der Waals surface area contributed by atoms with Gasteiger partial charge in [0.15, 0.2) is 6.20 Å². The number of hydrogen-bond acceptors (Lipinski definition) is 1. The van der Waals surface area contributed by atoms with E-state index in [1.165, 1.54) is 44.3 Å². The number of nitrogens with zero attached hydrogens (tertiary/aromatic N) is 2. The van der Waals surface area contributed by atoms with Gasteiger partial charge >= 0.3 is 0 Å². The highest BCUT2D eigenvalue weighted by atomic mass is 14.9. The van der Waals surface area contributed by atoms with Gasteiger partial charge in [-0.2, -0.15) is 0 Å². The smallest absolute Gasteiger partial charge is 0.220 e. The predicted octanol–water partition coefficient (Wildman–Crippen LogP) is 5.32. The van der Waals surface area contributed by atoms with Crippen LogP contribution in [-0.2, 0) is 7.05 Å². The van der Waals surface area contributed by atoms with Gasteiger partial charge in [-0.15, -0.1) is 0 Å². The molecule has 128 valence electrons. The van der Waals surface area contributed by atoms with Crippen LogP contribution in [0, 0.1) is 20.8 Å². The van der Waals surface area contributed by atoms with Gasteiger partial charge in [0.05, 0.1) is 10.9 Å². The molecule has 2 nitrogen and oxygen atoms in total. The molecule has 0 saturated carbocycles. The van der Waals surface area contributed by atoms with E-state index in [-0.39, 0.29) is 0 Å². The van der Waals surface area contributed by atoms with Gasteiger partial charge in [-0.1, -0.05) is 23.8 Å². The first-order valence-corrected chi connectivity index (χ1v) is 8.95. The molecule has 0 aliphatic heterocycles. The van der Waals surface area contributed by atoms with E-state index in [0.29, 0.717) is 0 Å². The quantitative estimate of drug-likeness (QED) is 0.452. The zero-order valence-electron chi connectivity index (χ0n) is 15.7. The number of pyridine rings is 2. The fourth-order valence-corrected chi connectivity index (χ4v) is 3.71. The molecule has 0 radical (unpaired) electrons. The monoisotopic (exact) mass is 339 g/mol. The molecular weight excluding hydrogens is 316 g/mol. The van der Waals surface area contributed by atoms with Crippen LogP contribution in [0.1, 0.15) is 16.7 Å². The average molecular weight is 339 g/mol. The van der Waals surface area contributed by atoms with Crippen molar-refractivity contribution in [3.63, 3.8) is 0 Å². The van der Waals surface area contributed by atoms with E-state index in [4.69, 9.17) is 0 Å². The van der Waals surface area contributed by atoms with Crippen LogP contribution < -0.4 is 4.57 Å². The lowest BCUT2D eigenvalue weighted by Crippen LogP contribution is -2.30. The molecule has 0 N–H and O–H groups in total. The highest BCUT2D eigenvalue weighted by molar-refractivity contribution is 5.96. The van der Waals surface area contributed by atoms with Gasteiger partial charge < -0.3 is 0 Å². The van der Waals surface area contributed by atoms with Gasteiger partial charge in [0.25, 0.3) is 0 Å². The number of fused-ring (bicyclic) bond motifs is 1. The predicted molar refractivity (Wildman–Crippen MR) is 108 cm³/mol. The van der Waals surface area contributed by atoms with Gasteiger partial charge in [0.2, 0.25) is 5.69 Å². The van der Waals surface area contributed by atoms with Crippen LogP contribution in [-0.4, -0.2) is 4.98 Å². The third-order valence-corrected chi connectivity index (χ3v) is 5.20. The maximum absolute atomic E-state index is 4.25. The Kier molecular flexibility index (Phi) is 4.04. The van der Waals surface area contributed by atoms with Crippen LogP contribution in [0.3, 0.4) is 0 Å². The molecule has 0 spiro atoms. The average Bonchev–Trinajstić information content (AvgIpc) is 2.65. The van der Waals surface area contributed by atoms with E-state index in [2.05, 4.69) is 86.0 Å². The molecule has 0 atom stereocenters. The summed E-state index contributed by atoms with van der Waals surface area (Å²) >= 11 is 0. The van der Waals surface area contributed by atoms with Crippen LogP contribution in [0.5, 0.6) is 0 Å². The zero-order chi connectivity index (χ0) is 18.3. The molecule has 0 saturated heterocycles. The fourth-order valence-electron chi connectivity index (χ4n) is 3.71. The van der Waals surface area contributed by atoms with Crippen molar-refractivity contribution in [2.24, 2.45) is 7.05 Å². The molecule has 2 aromatic carbocycles. The number of aromatic nitrogens is 2. The summed E-state index contributed by atoms with van der Waals surface area (Å²) in [6, 6.07) is 17.5. The second-order valence-corrected chi connectivity index (χ2v) is 7.07. The maximum Gasteiger partial charge on any atom is 0.220 e. The molecule has 4 aromatic rings. The maximum atomic E-state index is 4.25. The number of hydrogen-bond donors (Lipinski definition) is 0. The fraction of sp³-hybridized carbons (Fsp3) is 0.167. The molecule has 0 aliphatic rings. The molecular formula is C24H23N2+. The normalized spacial score (nSPS) is 11.1. The third kappa shape index (κ3) is 2.78. The van der Waals surface area contributed by atoms with E-state index in [0.717, 1.165) is 5.56 Å². The van der Waals surface area contributed by atoms with Gasteiger partial charge in [-0.05, 0) is 67.1 Å². The minimum absolute atomic E-state index is 1.15. The van der Waals surface area contributed by atoms with Crippen molar-refractivity contribution in [3.8, 4) is 22.4 Å². The lowest BCUT2D eigenvalue weighted by Gasteiger charge is -2.12. The first-order chi connectivity index (χ1) is 12.5. The molecule has 2 aromatic heterocycles. The Labute approximate surface area is 154 Å². The molecule has 0 aliphatic carbocycles. The van der Waals surface area contributed by atoms with Crippen molar-refractivity contribution in [1.82, 2.24) is 4.98 Å². The van der Waals surface area contributed by atoms with Crippen LogP contribution in [0.25, 0.3) is 33.2 Å². The SMILES string of the molecule is Cc1cc(C)c(C)c(-c2c3ccc(-c4cccnc4)cc3cc[n+]2C)c1. The summed E-state index contributed by atoms with van der Waals surface area (Å²) in [7, 11) is 2.13. The molecule has 0 unspecified atom stereocenters. The van der Waals surface area contributed by atoms with Gasteiger partial charge in [-0.25, -0.2) is 4.57 Å².